The third kappa shape index (κ3) is 2.69. The van der Waals surface area contributed by atoms with Crippen molar-refractivity contribution in [2.24, 2.45) is 5.92 Å². The fourth-order valence-electron chi connectivity index (χ4n) is 3.01. The maximum Gasteiger partial charge on any atom is 0.192 e. The second-order valence-electron chi connectivity index (χ2n) is 5.66. The van der Waals surface area contributed by atoms with Gasteiger partial charge in [-0.1, -0.05) is 30.6 Å². The van der Waals surface area contributed by atoms with Gasteiger partial charge in [0.1, 0.15) is 5.75 Å². The Labute approximate surface area is 127 Å². The van der Waals surface area contributed by atoms with Crippen LogP contribution in [-0.4, -0.2) is 26.5 Å². The van der Waals surface area contributed by atoms with Gasteiger partial charge in [-0.3, -0.25) is 0 Å². The summed E-state index contributed by atoms with van der Waals surface area (Å²) in [6, 6.07) is 5.79. The van der Waals surface area contributed by atoms with Crippen LogP contribution in [-0.2, 0) is 0 Å². The Morgan fingerprint density at radius 2 is 2.10 bits per heavy atom. The highest BCUT2D eigenvalue weighted by Crippen LogP contribution is 2.34. The molecule has 0 unspecified atom stereocenters. The minimum atomic E-state index is 0.300. The van der Waals surface area contributed by atoms with E-state index in [1.165, 1.54) is 32.1 Å². The molecule has 0 bridgehead atoms. The highest BCUT2D eigenvalue weighted by atomic mass is 32.1. The van der Waals surface area contributed by atoms with Crippen LogP contribution in [0.15, 0.2) is 18.2 Å². The van der Waals surface area contributed by atoms with Crippen molar-refractivity contribution in [3.63, 3.8) is 0 Å². The summed E-state index contributed by atoms with van der Waals surface area (Å²) < 4.78 is 3.15. The third-order valence-electron chi connectivity index (χ3n) is 4.31. The maximum atomic E-state index is 9.54. The summed E-state index contributed by atoms with van der Waals surface area (Å²) in [7, 11) is 3.76. The number of aromatic nitrogens is 1. The van der Waals surface area contributed by atoms with Gasteiger partial charge in [-0.15, -0.1) is 0 Å². The van der Waals surface area contributed by atoms with Crippen LogP contribution in [0, 0.1) is 5.92 Å². The number of phenols is 1. The Morgan fingerprint density at radius 3 is 2.85 bits per heavy atom. The van der Waals surface area contributed by atoms with Crippen LogP contribution in [0.5, 0.6) is 5.75 Å². The lowest BCUT2D eigenvalue weighted by Crippen LogP contribution is -2.37. The second kappa shape index (κ2) is 5.74. The summed E-state index contributed by atoms with van der Waals surface area (Å²) in [6.07, 6.45) is 6.71. The quantitative estimate of drug-likeness (QED) is 0.875. The molecule has 0 amide bonds. The Morgan fingerprint density at radius 1 is 1.35 bits per heavy atom. The zero-order chi connectivity index (χ0) is 14.1. The van der Waals surface area contributed by atoms with E-state index in [-0.39, 0.29) is 0 Å². The average Bonchev–Trinajstić information content (AvgIpc) is 2.89. The Hall–Kier alpha value is -1.07. The number of anilines is 1. The SMILES string of the molecule is C[C@@H](C1CCCCC1)N([Si])c1nc2ccc(O)cc2s1. The first-order valence-electron chi connectivity index (χ1n) is 7.25. The van der Waals surface area contributed by atoms with Crippen LogP contribution in [0.2, 0.25) is 0 Å². The second-order valence-corrected chi connectivity index (χ2v) is 7.15. The zero-order valence-corrected chi connectivity index (χ0v) is 13.5. The van der Waals surface area contributed by atoms with Crippen molar-refractivity contribution in [3.05, 3.63) is 18.2 Å². The predicted octanol–water partition coefficient (Wildman–Crippen LogP) is 3.86. The third-order valence-corrected chi connectivity index (χ3v) is 6.10. The van der Waals surface area contributed by atoms with Crippen molar-refractivity contribution in [2.75, 3.05) is 4.57 Å². The highest BCUT2D eigenvalue weighted by Gasteiger charge is 2.24. The number of nitrogens with zero attached hydrogens (tertiary/aromatic N) is 2. The molecule has 1 aliphatic carbocycles. The van der Waals surface area contributed by atoms with Crippen LogP contribution in [0.4, 0.5) is 5.13 Å². The zero-order valence-electron chi connectivity index (χ0n) is 11.7. The van der Waals surface area contributed by atoms with E-state index in [9.17, 15) is 5.11 Å². The van der Waals surface area contributed by atoms with Gasteiger partial charge in [0.05, 0.1) is 10.2 Å². The van der Waals surface area contributed by atoms with Gasteiger partial charge in [-0.05, 0) is 43.9 Å². The van der Waals surface area contributed by atoms with Crippen LogP contribution >= 0.6 is 11.3 Å². The van der Waals surface area contributed by atoms with Gasteiger partial charge in [0.2, 0.25) is 0 Å². The van der Waals surface area contributed by atoms with Crippen molar-refractivity contribution in [3.8, 4) is 5.75 Å². The van der Waals surface area contributed by atoms with Crippen molar-refractivity contribution in [1.29, 1.82) is 0 Å². The molecule has 2 aromatic rings. The number of aromatic hydroxyl groups is 1. The highest BCUT2D eigenvalue weighted by molar-refractivity contribution is 7.22. The van der Waals surface area contributed by atoms with E-state index >= 15 is 0 Å². The molecule has 0 spiro atoms. The molecule has 1 heterocycles. The minimum absolute atomic E-state index is 0.300. The number of benzene rings is 1. The molecule has 3 radical (unpaired) electrons. The first kappa shape index (κ1) is 13.9. The molecule has 0 aliphatic heterocycles. The molecule has 1 fully saturated rings. The maximum absolute atomic E-state index is 9.54. The van der Waals surface area contributed by atoms with E-state index in [1.807, 2.05) is 6.07 Å². The average molecular weight is 303 g/mol. The van der Waals surface area contributed by atoms with Crippen molar-refractivity contribution in [2.45, 2.75) is 45.1 Å². The summed E-state index contributed by atoms with van der Waals surface area (Å²) in [5.41, 5.74) is 0.946. The van der Waals surface area contributed by atoms with Crippen LogP contribution in [0.25, 0.3) is 10.2 Å². The first-order valence-corrected chi connectivity index (χ1v) is 8.51. The largest absolute Gasteiger partial charge is 0.508 e. The van der Waals surface area contributed by atoms with Crippen molar-refractivity contribution >= 4 is 37.1 Å². The fraction of sp³-hybridized carbons (Fsp3) is 0.533. The molecule has 5 heteroatoms. The molecule has 1 aromatic carbocycles. The van der Waals surface area contributed by atoms with E-state index in [1.54, 1.807) is 23.5 Å². The molecule has 1 atom stereocenters. The summed E-state index contributed by atoms with van der Waals surface area (Å²) >= 11 is 1.62. The lowest BCUT2D eigenvalue weighted by atomic mass is 9.85. The topological polar surface area (TPSA) is 36.4 Å². The number of thiazole rings is 1. The van der Waals surface area contributed by atoms with E-state index in [0.717, 1.165) is 21.3 Å². The molecule has 3 rings (SSSR count). The Bertz CT molecular complexity index is 595. The van der Waals surface area contributed by atoms with Gasteiger partial charge in [-0.2, -0.15) is 0 Å². The smallest absolute Gasteiger partial charge is 0.192 e. The molecule has 1 aliphatic rings. The standard InChI is InChI=1S/C15H19N2OSSi/c1-10(11-5-3-2-4-6-11)17(20)15-16-13-8-7-12(18)9-14(13)19-15/h7-11,18H,2-6H2,1H3/t10-/m0/s1. The summed E-state index contributed by atoms with van der Waals surface area (Å²) in [5.74, 6) is 1.04. The first-order chi connectivity index (χ1) is 9.65. The molecule has 3 nitrogen and oxygen atoms in total. The summed E-state index contributed by atoms with van der Waals surface area (Å²) in [4.78, 5) is 4.65. The lowest BCUT2D eigenvalue weighted by Gasteiger charge is -2.34. The van der Waals surface area contributed by atoms with Gasteiger partial charge < -0.3 is 9.67 Å². The lowest BCUT2D eigenvalue weighted by molar-refractivity contribution is 0.319. The molecule has 1 saturated carbocycles. The predicted molar refractivity (Wildman–Crippen MR) is 85.6 cm³/mol. The number of hydrogen-bond acceptors (Lipinski definition) is 4. The number of hydrogen-bond donors (Lipinski definition) is 1. The molecule has 1 N–H and O–H groups in total. The molecule has 1 aromatic heterocycles. The molecule has 105 valence electrons. The van der Waals surface area contributed by atoms with E-state index in [4.69, 9.17) is 0 Å². The van der Waals surface area contributed by atoms with E-state index < -0.39 is 0 Å². The Kier molecular flexibility index (Phi) is 3.98. The molecule has 0 saturated heterocycles. The van der Waals surface area contributed by atoms with E-state index in [2.05, 4.69) is 26.9 Å². The summed E-state index contributed by atoms with van der Waals surface area (Å²) in [6.45, 7) is 2.27. The van der Waals surface area contributed by atoms with Crippen molar-refractivity contribution in [1.82, 2.24) is 4.98 Å². The molecular formula is C15H19N2OSSi. The molecular weight excluding hydrogens is 284 g/mol. The van der Waals surface area contributed by atoms with Crippen LogP contribution < -0.4 is 4.57 Å². The Balaban J connectivity index is 1.81. The molecule has 20 heavy (non-hydrogen) atoms. The van der Waals surface area contributed by atoms with Gasteiger partial charge in [0, 0.05) is 6.04 Å². The van der Waals surface area contributed by atoms with Gasteiger partial charge >= 0.3 is 0 Å². The van der Waals surface area contributed by atoms with Crippen LogP contribution in [0.3, 0.4) is 0 Å². The number of rotatable bonds is 3. The van der Waals surface area contributed by atoms with Crippen LogP contribution in [0.1, 0.15) is 39.0 Å². The normalized spacial score (nSPS) is 18.3. The van der Waals surface area contributed by atoms with Crippen molar-refractivity contribution < 1.29 is 5.11 Å². The summed E-state index contributed by atoms with van der Waals surface area (Å²) in [5, 5.41) is 10.5. The van der Waals surface area contributed by atoms with Gasteiger partial charge in [0.15, 0.2) is 15.5 Å². The van der Waals surface area contributed by atoms with E-state index in [0.29, 0.717) is 11.8 Å². The number of fused-ring (bicyclic) bond motifs is 1. The minimum Gasteiger partial charge on any atom is -0.508 e. The number of phenolic OH excluding ortho intramolecular Hbond substituents is 1. The monoisotopic (exact) mass is 303 g/mol. The van der Waals surface area contributed by atoms with Gasteiger partial charge in [-0.25, -0.2) is 4.98 Å². The van der Waals surface area contributed by atoms with Gasteiger partial charge in [0.25, 0.3) is 0 Å². The fourth-order valence-corrected chi connectivity index (χ4v) is 4.41.